The Kier molecular flexibility index (Phi) is 4.29. The van der Waals surface area contributed by atoms with Crippen LogP contribution in [0.5, 0.6) is 0 Å². The smallest absolute Gasteiger partial charge is 0.212 e. The van der Waals surface area contributed by atoms with E-state index in [4.69, 9.17) is 11.6 Å². The molecule has 90 valence electrons. The molecule has 0 aliphatic carbocycles. The first kappa shape index (κ1) is 13.4. The second kappa shape index (κ2) is 5.12. The van der Waals surface area contributed by atoms with Gasteiger partial charge < -0.3 is 0 Å². The monoisotopic (exact) mass is 265 g/mol. The second-order valence-electron chi connectivity index (χ2n) is 3.39. The maximum atomic E-state index is 12.9. The van der Waals surface area contributed by atoms with Crippen LogP contribution in [0.4, 0.5) is 4.39 Å². The van der Waals surface area contributed by atoms with Crippen molar-refractivity contribution in [1.82, 2.24) is 4.31 Å². The van der Waals surface area contributed by atoms with E-state index in [1.165, 1.54) is 25.2 Å². The molecule has 16 heavy (non-hydrogen) atoms. The highest BCUT2D eigenvalue weighted by atomic mass is 35.5. The van der Waals surface area contributed by atoms with E-state index < -0.39 is 15.8 Å². The lowest BCUT2D eigenvalue weighted by molar-refractivity contribution is 0.466. The van der Waals surface area contributed by atoms with Crippen molar-refractivity contribution >= 4 is 21.6 Å². The van der Waals surface area contributed by atoms with Gasteiger partial charge in [-0.3, -0.25) is 0 Å². The van der Waals surface area contributed by atoms with Crippen molar-refractivity contribution in [2.24, 2.45) is 0 Å². The first-order valence-corrected chi connectivity index (χ1v) is 6.73. The lowest BCUT2D eigenvalue weighted by atomic mass is 10.2. The lowest BCUT2D eigenvalue weighted by Gasteiger charge is -2.16. The largest absolute Gasteiger partial charge is 0.213 e. The van der Waals surface area contributed by atoms with Crippen molar-refractivity contribution in [3.8, 4) is 0 Å². The van der Waals surface area contributed by atoms with Gasteiger partial charge in [-0.1, -0.05) is 11.6 Å². The van der Waals surface area contributed by atoms with Crippen LogP contribution in [0.2, 0.25) is 5.02 Å². The Hall–Kier alpha value is -0.650. The van der Waals surface area contributed by atoms with E-state index in [1.807, 2.05) is 0 Å². The molecule has 0 aliphatic rings. The van der Waals surface area contributed by atoms with Crippen LogP contribution in [-0.2, 0) is 16.6 Å². The Morgan fingerprint density at radius 2 is 2.06 bits per heavy atom. The predicted octanol–water partition coefficient (Wildman–Crippen LogP) is 2.26. The molecular weight excluding hydrogens is 253 g/mol. The van der Waals surface area contributed by atoms with Crippen LogP contribution >= 0.6 is 11.6 Å². The molecule has 0 heterocycles. The molecule has 0 saturated heterocycles. The quantitative estimate of drug-likeness (QED) is 0.837. The Balaban J connectivity index is 2.93. The minimum absolute atomic E-state index is 0.0104. The molecule has 0 aliphatic heterocycles. The fourth-order valence-electron chi connectivity index (χ4n) is 1.22. The predicted molar refractivity (Wildman–Crippen MR) is 62.3 cm³/mol. The first-order chi connectivity index (χ1) is 7.36. The van der Waals surface area contributed by atoms with Crippen LogP contribution < -0.4 is 0 Å². The van der Waals surface area contributed by atoms with Gasteiger partial charge in [0.15, 0.2) is 0 Å². The van der Waals surface area contributed by atoms with Gasteiger partial charge in [-0.2, -0.15) is 0 Å². The molecule has 6 heteroatoms. The summed E-state index contributed by atoms with van der Waals surface area (Å²) in [6.07, 6.45) is 0. The van der Waals surface area contributed by atoms with E-state index in [1.54, 1.807) is 6.92 Å². The van der Waals surface area contributed by atoms with Crippen molar-refractivity contribution in [2.45, 2.75) is 13.5 Å². The third kappa shape index (κ3) is 3.17. The zero-order chi connectivity index (χ0) is 12.3. The summed E-state index contributed by atoms with van der Waals surface area (Å²) in [5.74, 6) is -0.419. The minimum Gasteiger partial charge on any atom is -0.212 e. The third-order valence-corrected chi connectivity index (χ3v) is 4.42. The highest BCUT2D eigenvalue weighted by Crippen LogP contribution is 2.19. The van der Waals surface area contributed by atoms with E-state index in [-0.39, 0.29) is 12.3 Å². The van der Waals surface area contributed by atoms with Gasteiger partial charge >= 0.3 is 0 Å². The second-order valence-corrected chi connectivity index (χ2v) is 6.16. The van der Waals surface area contributed by atoms with Gasteiger partial charge in [-0.05, 0) is 30.7 Å². The maximum absolute atomic E-state index is 12.9. The number of sulfonamides is 1. The average molecular weight is 266 g/mol. The van der Waals surface area contributed by atoms with Crippen molar-refractivity contribution < 1.29 is 12.8 Å². The molecule has 1 aromatic carbocycles. The zero-order valence-corrected chi connectivity index (χ0v) is 10.6. The third-order valence-electron chi connectivity index (χ3n) is 2.24. The highest BCUT2D eigenvalue weighted by molar-refractivity contribution is 7.89. The summed E-state index contributed by atoms with van der Waals surface area (Å²) in [5.41, 5.74) is 0.459. The summed E-state index contributed by atoms with van der Waals surface area (Å²) in [7, 11) is -1.83. The Labute approximate surface area is 99.9 Å². The van der Waals surface area contributed by atoms with Gasteiger partial charge in [0.1, 0.15) is 5.82 Å². The number of rotatable bonds is 4. The minimum atomic E-state index is -3.27. The average Bonchev–Trinajstić information content (AvgIpc) is 2.23. The summed E-state index contributed by atoms with van der Waals surface area (Å²) >= 11 is 5.85. The van der Waals surface area contributed by atoms with Crippen LogP contribution in [0, 0.1) is 5.82 Å². The molecule has 0 fully saturated rings. The maximum Gasteiger partial charge on any atom is 0.213 e. The molecule has 1 aromatic rings. The van der Waals surface area contributed by atoms with Gasteiger partial charge in [-0.25, -0.2) is 17.1 Å². The Morgan fingerprint density at radius 1 is 1.44 bits per heavy atom. The Morgan fingerprint density at radius 3 is 2.62 bits per heavy atom. The van der Waals surface area contributed by atoms with Crippen molar-refractivity contribution in [3.63, 3.8) is 0 Å². The van der Waals surface area contributed by atoms with E-state index >= 15 is 0 Å². The fraction of sp³-hybridized carbons (Fsp3) is 0.400. The summed E-state index contributed by atoms with van der Waals surface area (Å²) in [5, 5.41) is 0.361. The van der Waals surface area contributed by atoms with Crippen molar-refractivity contribution in [1.29, 1.82) is 0 Å². The van der Waals surface area contributed by atoms with Crippen LogP contribution in [0.3, 0.4) is 0 Å². The van der Waals surface area contributed by atoms with Crippen molar-refractivity contribution in [3.05, 3.63) is 34.6 Å². The molecule has 0 spiro atoms. The van der Waals surface area contributed by atoms with Crippen molar-refractivity contribution in [2.75, 3.05) is 12.8 Å². The SMILES string of the molecule is CCS(=O)(=O)N(C)Cc1cc(F)ccc1Cl. The molecule has 0 N–H and O–H groups in total. The number of nitrogens with zero attached hydrogens (tertiary/aromatic N) is 1. The van der Waals surface area contributed by atoms with E-state index in [0.717, 1.165) is 4.31 Å². The summed E-state index contributed by atoms with van der Waals surface area (Å²) in [6.45, 7) is 1.63. The van der Waals surface area contributed by atoms with Gasteiger partial charge in [0, 0.05) is 18.6 Å². The summed E-state index contributed by atoms with van der Waals surface area (Å²) in [6, 6.07) is 3.89. The molecule has 1 rings (SSSR count). The highest BCUT2D eigenvalue weighted by Gasteiger charge is 2.16. The molecular formula is C10H13ClFNO2S. The lowest BCUT2D eigenvalue weighted by Crippen LogP contribution is -2.27. The zero-order valence-electron chi connectivity index (χ0n) is 9.07. The molecule has 0 bridgehead atoms. The number of hydrogen-bond acceptors (Lipinski definition) is 2. The molecule has 0 aromatic heterocycles. The molecule has 0 saturated carbocycles. The molecule has 0 atom stereocenters. The number of benzene rings is 1. The van der Waals surface area contributed by atoms with Gasteiger partial charge in [-0.15, -0.1) is 0 Å². The number of hydrogen-bond donors (Lipinski definition) is 0. The Bertz CT molecular complexity index is 476. The van der Waals surface area contributed by atoms with E-state index in [2.05, 4.69) is 0 Å². The fourth-order valence-corrected chi connectivity index (χ4v) is 2.18. The van der Waals surface area contributed by atoms with Crippen LogP contribution in [0.25, 0.3) is 0 Å². The molecule has 0 amide bonds. The van der Waals surface area contributed by atoms with Crippen LogP contribution in [0.1, 0.15) is 12.5 Å². The summed E-state index contributed by atoms with van der Waals surface area (Å²) in [4.78, 5) is 0. The van der Waals surface area contributed by atoms with Crippen LogP contribution in [0.15, 0.2) is 18.2 Å². The number of halogens is 2. The van der Waals surface area contributed by atoms with Gasteiger partial charge in [0.2, 0.25) is 10.0 Å². The topological polar surface area (TPSA) is 37.4 Å². The molecule has 0 radical (unpaired) electrons. The van der Waals surface area contributed by atoms with E-state index in [0.29, 0.717) is 10.6 Å². The molecule has 3 nitrogen and oxygen atoms in total. The van der Waals surface area contributed by atoms with E-state index in [9.17, 15) is 12.8 Å². The van der Waals surface area contributed by atoms with Gasteiger partial charge in [0.25, 0.3) is 0 Å². The molecule has 0 unspecified atom stereocenters. The van der Waals surface area contributed by atoms with Crippen LogP contribution in [-0.4, -0.2) is 25.5 Å². The summed E-state index contributed by atoms with van der Waals surface area (Å²) < 4.78 is 37.1. The first-order valence-electron chi connectivity index (χ1n) is 4.74. The van der Waals surface area contributed by atoms with Gasteiger partial charge in [0.05, 0.1) is 5.75 Å². The normalized spacial score (nSPS) is 12.1. The standard InChI is InChI=1S/C10H13ClFNO2S/c1-3-16(14,15)13(2)7-8-6-9(12)4-5-10(8)11/h4-6H,3,7H2,1-2H3.